The SMILES string of the molecule is CC.CCN(CCC(C)c1cc(-c2cc(Cl)cc(Cl)c2)nn1Cc1ccc(C(=O)N/C(=N/N)NN)cc1)CC(C)C. The third kappa shape index (κ3) is 10.3. The lowest BCUT2D eigenvalue weighted by Gasteiger charge is -2.24. The van der Waals surface area contributed by atoms with E-state index in [0.29, 0.717) is 28.1 Å². The van der Waals surface area contributed by atoms with Gasteiger partial charge in [-0.1, -0.05) is 76.9 Å². The van der Waals surface area contributed by atoms with E-state index in [2.05, 4.69) is 54.5 Å². The van der Waals surface area contributed by atoms with Gasteiger partial charge in [0.2, 0.25) is 5.96 Å². The molecule has 3 aromatic rings. The van der Waals surface area contributed by atoms with Gasteiger partial charge >= 0.3 is 0 Å². The van der Waals surface area contributed by atoms with E-state index in [9.17, 15) is 4.79 Å². The van der Waals surface area contributed by atoms with E-state index < -0.39 is 0 Å². The van der Waals surface area contributed by atoms with Crippen molar-refractivity contribution in [3.05, 3.63) is 75.4 Å². The fourth-order valence-corrected chi connectivity index (χ4v) is 4.96. The van der Waals surface area contributed by atoms with Gasteiger partial charge in [-0.25, -0.2) is 5.84 Å². The second-order valence-corrected chi connectivity index (χ2v) is 10.9. The predicted octanol–water partition coefficient (Wildman–Crippen LogP) is 5.83. The summed E-state index contributed by atoms with van der Waals surface area (Å²) in [6.45, 7) is 16.6. The Morgan fingerprint density at radius 2 is 1.71 bits per heavy atom. The van der Waals surface area contributed by atoms with Crippen molar-refractivity contribution in [1.29, 1.82) is 0 Å². The van der Waals surface area contributed by atoms with Crippen LogP contribution in [0.15, 0.2) is 53.6 Å². The highest BCUT2D eigenvalue weighted by molar-refractivity contribution is 6.35. The molecule has 11 heteroatoms. The van der Waals surface area contributed by atoms with Crippen LogP contribution in [0, 0.1) is 5.92 Å². The number of benzene rings is 2. The number of amides is 1. The molecular formula is C30H44Cl2N8O. The van der Waals surface area contributed by atoms with Crippen LogP contribution in [0.3, 0.4) is 0 Å². The molecular weight excluding hydrogens is 559 g/mol. The number of guanidine groups is 1. The van der Waals surface area contributed by atoms with Crippen LogP contribution in [0.1, 0.15) is 75.5 Å². The van der Waals surface area contributed by atoms with Crippen LogP contribution in [0.2, 0.25) is 10.0 Å². The summed E-state index contributed by atoms with van der Waals surface area (Å²) >= 11 is 12.6. The first-order valence-corrected chi connectivity index (χ1v) is 14.8. The summed E-state index contributed by atoms with van der Waals surface area (Å²) in [5.74, 6) is 11.0. The molecule has 2 aromatic carbocycles. The molecule has 1 amide bonds. The number of nitrogens with two attached hydrogens (primary N) is 2. The number of nitrogens with zero attached hydrogens (tertiary/aromatic N) is 4. The molecule has 0 aliphatic heterocycles. The van der Waals surface area contributed by atoms with Gasteiger partial charge in [0.05, 0.1) is 12.2 Å². The van der Waals surface area contributed by atoms with Crippen molar-refractivity contribution in [1.82, 2.24) is 25.4 Å². The van der Waals surface area contributed by atoms with E-state index in [1.165, 1.54) is 0 Å². The average Bonchev–Trinajstić information content (AvgIpc) is 3.38. The minimum Gasteiger partial charge on any atom is -0.320 e. The first kappa shape index (κ1) is 34.1. The Labute approximate surface area is 254 Å². The van der Waals surface area contributed by atoms with Crippen LogP contribution in [-0.2, 0) is 6.54 Å². The highest BCUT2D eigenvalue weighted by Gasteiger charge is 2.18. The quantitative estimate of drug-likeness (QED) is 0.0947. The Balaban J connectivity index is 0.00000287. The molecule has 41 heavy (non-hydrogen) atoms. The van der Waals surface area contributed by atoms with Gasteiger partial charge in [-0.05, 0) is 73.3 Å². The zero-order valence-electron chi connectivity index (χ0n) is 24.9. The summed E-state index contributed by atoms with van der Waals surface area (Å²) in [5.41, 5.74) is 6.48. The summed E-state index contributed by atoms with van der Waals surface area (Å²) in [7, 11) is 0. The van der Waals surface area contributed by atoms with Crippen LogP contribution < -0.4 is 22.4 Å². The molecule has 6 N–H and O–H groups in total. The minimum absolute atomic E-state index is 0.0251. The zero-order valence-corrected chi connectivity index (χ0v) is 26.4. The Kier molecular flexibility index (Phi) is 14.1. The van der Waals surface area contributed by atoms with Gasteiger partial charge in [-0.15, -0.1) is 5.10 Å². The predicted molar refractivity (Wildman–Crippen MR) is 171 cm³/mol. The molecule has 1 aromatic heterocycles. The number of aromatic nitrogens is 2. The number of hydrogen-bond donors (Lipinski definition) is 4. The molecule has 0 fully saturated rings. The monoisotopic (exact) mass is 602 g/mol. The Bertz CT molecular complexity index is 1250. The van der Waals surface area contributed by atoms with E-state index in [-0.39, 0.29) is 17.8 Å². The highest BCUT2D eigenvalue weighted by Crippen LogP contribution is 2.30. The largest absolute Gasteiger partial charge is 0.320 e. The van der Waals surface area contributed by atoms with Gasteiger partial charge in [-0.2, -0.15) is 5.10 Å². The van der Waals surface area contributed by atoms with Gasteiger partial charge in [0.1, 0.15) is 0 Å². The molecule has 9 nitrogen and oxygen atoms in total. The maximum atomic E-state index is 12.4. The maximum absolute atomic E-state index is 12.4. The number of nitrogens with one attached hydrogen (secondary N) is 2. The number of hydrogen-bond acceptors (Lipinski definition) is 6. The van der Waals surface area contributed by atoms with Crippen molar-refractivity contribution in [2.75, 3.05) is 19.6 Å². The number of carbonyl (C=O) groups is 1. The maximum Gasteiger partial charge on any atom is 0.258 e. The molecule has 0 aliphatic carbocycles. The Morgan fingerprint density at radius 3 is 2.24 bits per heavy atom. The van der Waals surface area contributed by atoms with Crippen molar-refractivity contribution in [2.24, 2.45) is 22.7 Å². The van der Waals surface area contributed by atoms with Crippen molar-refractivity contribution < 1.29 is 4.79 Å². The van der Waals surface area contributed by atoms with Crippen LogP contribution in [0.4, 0.5) is 0 Å². The lowest BCUT2D eigenvalue weighted by molar-refractivity contribution is 0.0975. The number of rotatable bonds is 11. The molecule has 224 valence electrons. The van der Waals surface area contributed by atoms with Gasteiger partial charge in [0.15, 0.2) is 0 Å². The number of hydrazone groups is 1. The second kappa shape index (κ2) is 17.0. The number of halogens is 2. The first-order chi connectivity index (χ1) is 19.6. The first-order valence-electron chi connectivity index (χ1n) is 14.0. The molecule has 0 spiro atoms. The van der Waals surface area contributed by atoms with Gasteiger partial charge in [0.25, 0.3) is 5.91 Å². The molecule has 0 bridgehead atoms. The standard InChI is InChI=1S/C28H38Cl2N8O.C2H6/c1-5-37(16-18(2)3)11-10-19(4)26-15-25(22-12-23(29)14-24(30)13-22)36-38(26)17-20-6-8-21(9-7-20)27(39)33-28(34-31)35-32;1-2/h6-9,12-15,18-19H,5,10-11,16-17,31-32H2,1-4H3,(H2,33,34,35,39);1-2H3. The van der Waals surface area contributed by atoms with E-state index in [1.807, 2.05) is 42.8 Å². The smallest absolute Gasteiger partial charge is 0.258 e. The molecule has 1 heterocycles. The normalized spacial score (nSPS) is 12.2. The summed E-state index contributed by atoms with van der Waals surface area (Å²) in [6.07, 6.45) is 1.00. The van der Waals surface area contributed by atoms with Gasteiger partial charge < -0.3 is 10.7 Å². The summed E-state index contributed by atoms with van der Waals surface area (Å²) in [6, 6.07) is 14.9. The van der Waals surface area contributed by atoms with Crippen LogP contribution >= 0.6 is 23.2 Å². The molecule has 0 saturated heterocycles. The summed E-state index contributed by atoms with van der Waals surface area (Å²) < 4.78 is 2.03. The van der Waals surface area contributed by atoms with Crippen LogP contribution in [-0.4, -0.2) is 46.2 Å². The second-order valence-electron chi connectivity index (χ2n) is 10.0. The van der Waals surface area contributed by atoms with Gasteiger partial charge in [0, 0.05) is 33.4 Å². The molecule has 0 radical (unpaired) electrons. The average molecular weight is 604 g/mol. The summed E-state index contributed by atoms with van der Waals surface area (Å²) in [4.78, 5) is 14.9. The van der Waals surface area contributed by atoms with E-state index in [0.717, 1.165) is 48.6 Å². The molecule has 0 saturated carbocycles. The lowest BCUT2D eigenvalue weighted by Crippen LogP contribution is -2.45. The fraction of sp³-hybridized carbons (Fsp3) is 0.433. The topological polar surface area (TPSA) is 127 Å². The van der Waals surface area contributed by atoms with Crippen LogP contribution in [0.25, 0.3) is 11.3 Å². The molecule has 3 rings (SSSR count). The molecule has 1 atom stereocenters. The highest BCUT2D eigenvalue weighted by atomic mass is 35.5. The zero-order chi connectivity index (χ0) is 30.5. The Morgan fingerprint density at radius 1 is 1.07 bits per heavy atom. The van der Waals surface area contributed by atoms with Gasteiger partial charge in [-0.3, -0.25) is 20.2 Å². The van der Waals surface area contributed by atoms with Crippen molar-refractivity contribution in [2.45, 2.75) is 60.4 Å². The summed E-state index contributed by atoms with van der Waals surface area (Å²) in [5, 5.41) is 12.0. The van der Waals surface area contributed by atoms with Crippen molar-refractivity contribution >= 4 is 35.1 Å². The Hall–Kier alpha value is -3.11. The minimum atomic E-state index is -0.376. The third-order valence-corrected chi connectivity index (χ3v) is 6.91. The van der Waals surface area contributed by atoms with Crippen LogP contribution in [0.5, 0.6) is 0 Å². The van der Waals surface area contributed by atoms with E-state index >= 15 is 0 Å². The fourth-order valence-electron chi connectivity index (χ4n) is 4.44. The number of hydrazine groups is 1. The molecule has 0 aliphatic rings. The van der Waals surface area contributed by atoms with Crippen molar-refractivity contribution in [3.8, 4) is 11.3 Å². The van der Waals surface area contributed by atoms with E-state index in [1.54, 1.807) is 18.2 Å². The van der Waals surface area contributed by atoms with E-state index in [4.69, 9.17) is 40.0 Å². The molecule has 1 unspecified atom stereocenters. The number of carbonyl (C=O) groups excluding carboxylic acids is 1. The third-order valence-electron chi connectivity index (χ3n) is 6.47. The van der Waals surface area contributed by atoms with Crippen molar-refractivity contribution in [3.63, 3.8) is 0 Å². The lowest BCUT2D eigenvalue weighted by atomic mass is 10.0.